The summed E-state index contributed by atoms with van der Waals surface area (Å²) in [7, 11) is 1.31. The summed E-state index contributed by atoms with van der Waals surface area (Å²) in [5, 5.41) is 6.93. The first-order valence-corrected chi connectivity index (χ1v) is 6.80. The maximum atomic E-state index is 11.9. The summed E-state index contributed by atoms with van der Waals surface area (Å²) in [6.45, 7) is 5.76. The van der Waals surface area contributed by atoms with E-state index in [0.29, 0.717) is 17.0 Å². The van der Waals surface area contributed by atoms with Crippen LogP contribution in [0.15, 0.2) is 29.1 Å². The zero-order valence-electron chi connectivity index (χ0n) is 13.0. The van der Waals surface area contributed by atoms with Crippen LogP contribution in [0.4, 0.5) is 5.69 Å². The molecule has 0 radical (unpaired) electrons. The van der Waals surface area contributed by atoms with Crippen LogP contribution in [0.3, 0.4) is 0 Å². The van der Waals surface area contributed by atoms with Crippen molar-refractivity contribution in [1.29, 1.82) is 0 Å². The number of hydrogen-bond acceptors (Lipinski definition) is 5. The fourth-order valence-corrected chi connectivity index (χ4v) is 1.74. The molecule has 2 aromatic rings. The van der Waals surface area contributed by atoms with Gasteiger partial charge in [0.25, 0.3) is 0 Å². The minimum absolute atomic E-state index is 0.0969. The number of carbonyl (C=O) groups excluding carboxylic acids is 2. The van der Waals surface area contributed by atoms with Gasteiger partial charge in [0.05, 0.1) is 31.8 Å². The summed E-state index contributed by atoms with van der Waals surface area (Å²) in [4.78, 5) is 23.5. The summed E-state index contributed by atoms with van der Waals surface area (Å²) in [5.74, 6) is -0.110. The van der Waals surface area contributed by atoms with E-state index in [-0.39, 0.29) is 12.5 Å². The Balaban J connectivity index is 2.09. The Kier molecular flexibility index (Phi) is 4.35. The van der Waals surface area contributed by atoms with E-state index >= 15 is 0 Å². The summed E-state index contributed by atoms with van der Waals surface area (Å²) in [6, 6.07) is 1.55. The van der Waals surface area contributed by atoms with Crippen LogP contribution in [0, 0.1) is 5.41 Å². The van der Waals surface area contributed by atoms with Crippen molar-refractivity contribution in [3.05, 3.63) is 36.0 Å². The van der Waals surface area contributed by atoms with Crippen LogP contribution in [0.25, 0.3) is 0 Å². The van der Waals surface area contributed by atoms with Gasteiger partial charge in [-0.25, -0.2) is 4.79 Å². The van der Waals surface area contributed by atoms with Crippen LogP contribution >= 0.6 is 0 Å². The third kappa shape index (κ3) is 3.55. The number of nitrogens with zero attached hydrogens (tertiary/aromatic N) is 2. The lowest BCUT2D eigenvalue weighted by Crippen LogP contribution is -2.27. The number of carbonyl (C=O) groups is 2. The average molecular weight is 305 g/mol. The highest BCUT2D eigenvalue weighted by Gasteiger charge is 2.22. The lowest BCUT2D eigenvalue weighted by molar-refractivity contribution is -0.123. The molecule has 7 nitrogen and oxygen atoms in total. The molecule has 0 aromatic carbocycles. The van der Waals surface area contributed by atoms with Gasteiger partial charge in [0, 0.05) is 11.6 Å². The van der Waals surface area contributed by atoms with Gasteiger partial charge >= 0.3 is 5.97 Å². The molecule has 0 saturated carbocycles. The number of aromatic nitrogens is 2. The second kappa shape index (κ2) is 6.05. The maximum absolute atomic E-state index is 11.9. The normalized spacial score (nSPS) is 11.3. The van der Waals surface area contributed by atoms with Gasteiger partial charge in [-0.05, 0) is 6.07 Å². The van der Waals surface area contributed by atoms with E-state index in [1.54, 1.807) is 23.1 Å². The standard InChI is InChI=1S/C15H19N3O4/c1-15(2,3)14(20)17-10-7-16-18(8-10)9-12-11(5-6-22-12)13(19)21-4/h5-8H,9H2,1-4H3,(H,17,20). The van der Waals surface area contributed by atoms with E-state index in [2.05, 4.69) is 15.2 Å². The van der Waals surface area contributed by atoms with Crippen molar-refractivity contribution in [2.24, 2.45) is 5.41 Å². The number of esters is 1. The van der Waals surface area contributed by atoms with E-state index in [9.17, 15) is 9.59 Å². The van der Waals surface area contributed by atoms with Crippen LogP contribution in [0.1, 0.15) is 36.9 Å². The summed E-state index contributed by atoms with van der Waals surface area (Å²) in [6.07, 6.45) is 4.64. The number of methoxy groups -OCH3 is 1. The predicted molar refractivity (Wildman–Crippen MR) is 79.5 cm³/mol. The van der Waals surface area contributed by atoms with E-state index in [0.717, 1.165) is 0 Å². The first-order chi connectivity index (χ1) is 10.3. The first kappa shape index (κ1) is 15.8. The number of anilines is 1. The molecule has 0 unspecified atom stereocenters. The second-order valence-electron chi connectivity index (χ2n) is 5.88. The first-order valence-electron chi connectivity index (χ1n) is 6.80. The SMILES string of the molecule is COC(=O)c1ccoc1Cn1cc(NC(=O)C(C)(C)C)cn1. The fraction of sp³-hybridized carbons (Fsp3) is 0.400. The van der Waals surface area contributed by atoms with Crippen molar-refractivity contribution >= 4 is 17.6 Å². The van der Waals surface area contributed by atoms with Crippen molar-refractivity contribution in [3.63, 3.8) is 0 Å². The number of hydrogen-bond donors (Lipinski definition) is 1. The molecule has 118 valence electrons. The predicted octanol–water partition coefficient (Wildman–Crippen LogP) is 2.30. The van der Waals surface area contributed by atoms with Crippen molar-refractivity contribution in [1.82, 2.24) is 9.78 Å². The number of amides is 1. The minimum atomic E-state index is -0.485. The molecule has 22 heavy (non-hydrogen) atoms. The second-order valence-corrected chi connectivity index (χ2v) is 5.88. The van der Waals surface area contributed by atoms with Gasteiger partial charge in [0.2, 0.25) is 5.91 Å². The summed E-state index contributed by atoms with van der Waals surface area (Å²) >= 11 is 0. The molecule has 0 aliphatic heterocycles. The molecule has 0 aliphatic rings. The van der Waals surface area contributed by atoms with E-state index < -0.39 is 11.4 Å². The van der Waals surface area contributed by atoms with Gasteiger partial charge in [-0.3, -0.25) is 9.48 Å². The topological polar surface area (TPSA) is 86.4 Å². The number of rotatable bonds is 4. The van der Waals surface area contributed by atoms with Crippen molar-refractivity contribution < 1.29 is 18.7 Å². The Bertz CT molecular complexity index is 679. The smallest absolute Gasteiger partial charge is 0.341 e. The lowest BCUT2D eigenvalue weighted by Gasteiger charge is -2.16. The van der Waals surface area contributed by atoms with E-state index in [1.165, 1.54) is 13.4 Å². The van der Waals surface area contributed by atoms with Gasteiger partial charge in [0.1, 0.15) is 11.3 Å². The lowest BCUT2D eigenvalue weighted by atomic mass is 9.96. The van der Waals surface area contributed by atoms with Crippen LogP contribution in [0.2, 0.25) is 0 Å². The monoisotopic (exact) mass is 305 g/mol. The molecule has 1 amide bonds. The van der Waals surface area contributed by atoms with E-state index in [4.69, 9.17) is 4.42 Å². The molecule has 2 rings (SSSR count). The molecule has 2 aromatic heterocycles. The van der Waals surface area contributed by atoms with Gasteiger partial charge in [-0.1, -0.05) is 20.8 Å². The molecular weight excluding hydrogens is 286 g/mol. The molecule has 0 aliphatic carbocycles. The van der Waals surface area contributed by atoms with Gasteiger partial charge < -0.3 is 14.5 Å². The van der Waals surface area contributed by atoms with Crippen molar-refractivity contribution in [2.75, 3.05) is 12.4 Å². The molecular formula is C15H19N3O4. The third-order valence-corrected chi connectivity index (χ3v) is 3.03. The number of nitrogens with one attached hydrogen (secondary N) is 1. The van der Waals surface area contributed by atoms with Gasteiger partial charge in [0.15, 0.2) is 0 Å². The Morgan fingerprint density at radius 2 is 2.14 bits per heavy atom. The van der Waals surface area contributed by atoms with Crippen LogP contribution < -0.4 is 5.32 Å². The fourth-order valence-electron chi connectivity index (χ4n) is 1.74. The van der Waals surface area contributed by atoms with Crippen LogP contribution in [0.5, 0.6) is 0 Å². The van der Waals surface area contributed by atoms with Crippen LogP contribution in [-0.2, 0) is 16.1 Å². The van der Waals surface area contributed by atoms with Gasteiger partial charge in [-0.2, -0.15) is 5.10 Å². The summed E-state index contributed by atoms with van der Waals surface area (Å²) in [5.41, 5.74) is 0.464. The molecule has 0 saturated heterocycles. The van der Waals surface area contributed by atoms with Crippen LogP contribution in [-0.4, -0.2) is 28.8 Å². The number of furan rings is 1. The Hall–Kier alpha value is -2.57. The molecule has 0 bridgehead atoms. The molecule has 2 heterocycles. The third-order valence-electron chi connectivity index (χ3n) is 3.03. The number of ether oxygens (including phenoxy) is 1. The highest BCUT2D eigenvalue weighted by atomic mass is 16.5. The quantitative estimate of drug-likeness (QED) is 0.876. The summed E-state index contributed by atoms with van der Waals surface area (Å²) < 4.78 is 11.5. The largest absolute Gasteiger partial charge is 0.466 e. The molecule has 0 fully saturated rings. The Labute approximate surface area is 128 Å². The highest BCUT2D eigenvalue weighted by Crippen LogP contribution is 2.18. The van der Waals surface area contributed by atoms with Gasteiger partial charge in [-0.15, -0.1) is 0 Å². The molecule has 1 N–H and O–H groups in total. The zero-order valence-corrected chi connectivity index (χ0v) is 13.0. The Morgan fingerprint density at radius 1 is 1.41 bits per heavy atom. The highest BCUT2D eigenvalue weighted by molar-refractivity contribution is 5.94. The molecule has 7 heteroatoms. The molecule has 0 atom stereocenters. The maximum Gasteiger partial charge on any atom is 0.341 e. The minimum Gasteiger partial charge on any atom is -0.466 e. The van der Waals surface area contributed by atoms with Crippen molar-refractivity contribution in [3.8, 4) is 0 Å². The van der Waals surface area contributed by atoms with E-state index in [1.807, 2.05) is 20.8 Å². The zero-order chi connectivity index (χ0) is 16.3. The van der Waals surface area contributed by atoms with Crippen molar-refractivity contribution in [2.45, 2.75) is 27.3 Å². The average Bonchev–Trinajstić information content (AvgIpc) is 3.07. The Morgan fingerprint density at radius 3 is 2.77 bits per heavy atom. The molecule has 0 spiro atoms.